The van der Waals surface area contributed by atoms with Crippen LogP contribution in [0.15, 0.2) is 66.4 Å². The first kappa shape index (κ1) is 22.9. The molecule has 3 rings (SSSR count). The largest absolute Gasteiger partial charge is 0.361 e. The Morgan fingerprint density at radius 1 is 1.06 bits per heavy atom. The molecule has 0 radical (unpaired) electrons. The normalized spacial score (nSPS) is 12.8. The summed E-state index contributed by atoms with van der Waals surface area (Å²) < 4.78 is 0. The van der Waals surface area contributed by atoms with Crippen molar-refractivity contribution in [3.8, 4) is 0 Å². The second-order valence-electron chi connectivity index (χ2n) is 8.52. The van der Waals surface area contributed by atoms with Gasteiger partial charge in [-0.1, -0.05) is 86.9 Å². The van der Waals surface area contributed by atoms with Gasteiger partial charge >= 0.3 is 0 Å². The summed E-state index contributed by atoms with van der Waals surface area (Å²) in [5, 5.41) is 1.25. The van der Waals surface area contributed by atoms with Crippen LogP contribution in [0.1, 0.15) is 57.6 Å². The molecule has 3 nitrogen and oxygen atoms in total. The average Bonchev–Trinajstić information content (AvgIpc) is 3.20. The molecule has 3 aromatic rings. The fourth-order valence-corrected chi connectivity index (χ4v) is 4.25. The van der Waals surface area contributed by atoms with Gasteiger partial charge in [-0.05, 0) is 43.4 Å². The van der Waals surface area contributed by atoms with Gasteiger partial charge in [0.1, 0.15) is 0 Å². The van der Waals surface area contributed by atoms with E-state index < -0.39 is 0 Å². The first-order valence-corrected chi connectivity index (χ1v) is 11.7. The topological polar surface area (TPSA) is 36.1 Å². The molecule has 0 saturated carbocycles. The summed E-state index contributed by atoms with van der Waals surface area (Å²) in [5.41, 5.74) is 4.83. The van der Waals surface area contributed by atoms with E-state index in [0.717, 1.165) is 44.2 Å². The Labute approximate surface area is 187 Å². The molecule has 1 N–H and O–H groups in total. The van der Waals surface area contributed by atoms with Crippen molar-refractivity contribution in [2.45, 2.75) is 52.9 Å². The second-order valence-corrected chi connectivity index (χ2v) is 8.52. The number of para-hydroxylation sites is 1. The number of nitrogens with one attached hydrogen (secondary N) is 1. The van der Waals surface area contributed by atoms with Crippen molar-refractivity contribution < 1.29 is 4.79 Å². The Morgan fingerprint density at radius 3 is 2.55 bits per heavy atom. The third kappa shape index (κ3) is 6.33. The number of rotatable bonds is 11. The van der Waals surface area contributed by atoms with Gasteiger partial charge in [-0.2, -0.15) is 0 Å². The SMILES string of the molecule is CCCCC(CC)C(=O)N(CCc1c[nH]c2ccccc12)CC(C)=Cc1ccccc1. The van der Waals surface area contributed by atoms with Gasteiger partial charge in [0.15, 0.2) is 0 Å². The quantitative estimate of drug-likeness (QED) is 0.364. The molecular formula is C28H36N2O. The lowest BCUT2D eigenvalue weighted by Gasteiger charge is -2.27. The molecule has 0 fully saturated rings. The zero-order valence-electron chi connectivity index (χ0n) is 19.2. The molecule has 0 spiro atoms. The standard InChI is InChI=1S/C28H36N2O/c1-4-6-14-24(5-2)28(31)30(21-22(3)19-23-12-8-7-9-13-23)18-17-25-20-29-27-16-11-10-15-26(25)27/h7-13,15-16,19-20,24,29H,4-6,14,17-18,21H2,1-3H3. The van der Waals surface area contributed by atoms with E-state index in [2.05, 4.69) is 91.5 Å². The number of carbonyl (C=O) groups excluding carboxylic acids is 1. The maximum Gasteiger partial charge on any atom is 0.225 e. The smallest absolute Gasteiger partial charge is 0.225 e. The van der Waals surface area contributed by atoms with E-state index in [-0.39, 0.29) is 5.92 Å². The van der Waals surface area contributed by atoms with Crippen LogP contribution in [-0.2, 0) is 11.2 Å². The molecule has 1 atom stereocenters. The fourth-order valence-electron chi connectivity index (χ4n) is 4.25. The fraction of sp³-hybridized carbons (Fsp3) is 0.393. The molecular weight excluding hydrogens is 380 g/mol. The predicted molar refractivity (Wildman–Crippen MR) is 132 cm³/mol. The van der Waals surface area contributed by atoms with E-state index in [1.54, 1.807) is 0 Å². The number of hydrogen-bond acceptors (Lipinski definition) is 1. The summed E-state index contributed by atoms with van der Waals surface area (Å²) >= 11 is 0. The van der Waals surface area contributed by atoms with Crippen molar-refractivity contribution in [3.05, 3.63) is 77.5 Å². The molecule has 1 unspecified atom stereocenters. The maximum atomic E-state index is 13.5. The monoisotopic (exact) mass is 416 g/mol. The first-order chi connectivity index (χ1) is 15.1. The molecule has 0 aliphatic heterocycles. The molecule has 1 amide bonds. The molecule has 0 saturated heterocycles. The van der Waals surface area contributed by atoms with Crippen LogP contribution < -0.4 is 0 Å². The van der Waals surface area contributed by atoms with Crippen LogP contribution in [0.2, 0.25) is 0 Å². The Kier molecular flexibility index (Phi) is 8.52. The molecule has 0 aliphatic carbocycles. The predicted octanol–water partition coefficient (Wildman–Crippen LogP) is 6.86. The lowest BCUT2D eigenvalue weighted by Crippen LogP contribution is -2.38. The zero-order chi connectivity index (χ0) is 22.1. The zero-order valence-corrected chi connectivity index (χ0v) is 19.2. The Hall–Kier alpha value is -2.81. The van der Waals surface area contributed by atoms with Gasteiger partial charge in [-0.15, -0.1) is 0 Å². The molecule has 1 heterocycles. The number of fused-ring (bicyclic) bond motifs is 1. The van der Waals surface area contributed by atoms with Gasteiger partial charge < -0.3 is 9.88 Å². The molecule has 2 aromatic carbocycles. The minimum Gasteiger partial charge on any atom is -0.361 e. The lowest BCUT2D eigenvalue weighted by molar-refractivity contribution is -0.135. The van der Waals surface area contributed by atoms with Crippen molar-refractivity contribution >= 4 is 22.9 Å². The molecule has 164 valence electrons. The van der Waals surface area contributed by atoms with Gasteiger partial charge in [-0.25, -0.2) is 0 Å². The number of benzene rings is 2. The minimum atomic E-state index is 0.118. The lowest BCUT2D eigenvalue weighted by atomic mass is 9.97. The first-order valence-electron chi connectivity index (χ1n) is 11.7. The molecule has 1 aromatic heterocycles. The summed E-state index contributed by atoms with van der Waals surface area (Å²) in [6.07, 6.45) is 9.28. The van der Waals surface area contributed by atoms with Gasteiger partial charge in [0.2, 0.25) is 5.91 Å². The summed E-state index contributed by atoms with van der Waals surface area (Å²) in [7, 11) is 0. The second kappa shape index (κ2) is 11.5. The van der Waals surface area contributed by atoms with Gasteiger partial charge in [-0.3, -0.25) is 4.79 Å². The average molecular weight is 417 g/mol. The van der Waals surface area contributed by atoms with Crippen molar-refractivity contribution in [1.82, 2.24) is 9.88 Å². The Morgan fingerprint density at radius 2 is 1.81 bits per heavy atom. The van der Waals surface area contributed by atoms with E-state index in [1.807, 2.05) is 6.07 Å². The van der Waals surface area contributed by atoms with Gasteiger partial charge in [0, 0.05) is 36.1 Å². The number of carbonyl (C=O) groups is 1. The highest BCUT2D eigenvalue weighted by Crippen LogP contribution is 2.21. The molecule has 3 heteroatoms. The third-order valence-electron chi connectivity index (χ3n) is 6.04. The number of amides is 1. The van der Waals surface area contributed by atoms with Crippen molar-refractivity contribution in [2.24, 2.45) is 5.92 Å². The van der Waals surface area contributed by atoms with Gasteiger partial charge in [0.05, 0.1) is 0 Å². The summed E-state index contributed by atoms with van der Waals surface area (Å²) in [4.78, 5) is 18.9. The summed E-state index contributed by atoms with van der Waals surface area (Å²) in [5.74, 6) is 0.420. The van der Waals surface area contributed by atoms with E-state index in [9.17, 15) is 4.79 Å². The van der Waals surface area contributed by atoms with Crippen LogP contribution in [-0.4, -0.2) is 28.9 Å². The number of nitrogens with zero attached hydrogens (tertiary/aromatic N) is 1. The van der Waals surface area contributed by atoms with E-state index in [0.29, 0.717) is 12.5 Å². The number of H-pyrrole nitrogens is 1. The maximum absolute atomic E-state index is 13.5. The van der Waals surface area contributed by atoms with E-state index in [1.165, 1.54) is 22.1 Å². The number of unbranched alkanes of at least 4 members (excludes halogenated alkanes) is 1. The van der Waals surface area contributed by atoms with Crippen molar-refractivity contribution in [2.75, 3.05) is 13.1 Å². The highest BCUT2D eigenvalue weighted by atomic mass is 16.2. The van der Waals surface area contributed by atoms with Crippen LogP contribution in [0.25, 0.3) is 17.0 Å². The van der Waals surface area contributed by atoms with Crippen LogP contribution in [0, 0.1) is 5.92 Å². The van der Waals surface area contributed by atoms with Crippen LogP contribution in [0.4, 0.5) is 0 Å². The molecule has 31 heavy (non-hydrogen) atoms. The number of aromatic nitrogens is 1. The number of hydrogen-bond donors (Lipinski definition) is 1. The van der Waals surface area contributed by atoms with E-state index in [4.69, 9.17) is 0 Å². The van der Waals surface area contributed by atoms with Crippen LogP contribution in [0.5, 0.6) is 0 Å². The van der Waals surface area contributed by atoms with Crippen LogP contribution >= 0.6 is 0 Å². The van der Waals surface area contributed by atoms with Crippen LogP contribution in [0.3, 0.4) is 0 Å². The van der Waals surface area contributed by atoms with E-state index >= 15 is 0 Å². The van der Waals surface area contributed by atoms with Gasteiger partial charge in [0.25, 0.3) is 0 Å². The summed E-state index contributed by atoms with van der Waals surface area (Å²) in [6.45, 7) is 7.88. The molecule has 0 aliphatic rings. The highest BCUT2D eigenvalue weighted by molar-refractivity contribution is 5.83. The number of aromatic amines is 1. The van der Waals surface area contributed by atoms with Crippen molar-refractivity contribution in [1.29, 1.82) is 0 Å². The molecule has 0 bridgehead atoms. The van der Waals surface area contributed by atoms with Crippen molar-refractivity contribution in [3.63, 3.8) is 0 Å². The third-order valence-corrected chi connectivity index (χ3v) is 6.04. The Bertz CT molecular complexity index is 986. The highest BCUT2D eigenvalue weighted by Gasteiger charge is 2.23. The summed E-state index contributed by atoms with van der Waals surface area (Å²) in [6, 6.07) is 18.7. The minimum absolute atomic E-state index is 0.118. The Balaban J connectivity index is 1.77.